The molecule has 6 nitrogen and oxygen atoms in total. The van der Waals surface area contributed by atoms with Crippen LogP contribution in [0.5, 0.6) is 0 Å². The van der Waals surface area contributed by atoms with Crippen LogP contribution in [0.2, 0.25) is 0 Å². The molecule has 0 aliphatic carbocycles. The SMILES string of the molecule is CN1C(=O)NC(c2ccccc2F)C2=C1CN(Cc1ccco1)C2=O. The Morgan fingerprint density at radius 2 is 2.04 bits per heavy atom. The molecule has 1 aromatic heterocycles. The van der Waals surface area contributed by atoms with E-state index < -0.39 is 11.9 Å². The molecular weight excluding hydrogens is 325 g/mol. The van der Waals surface area contributed by atoms with Gasteiger partial charge in [-0.1, -0.05) is 18.2 Å². The van der Waals surface area contributed by atoms with Crippen LogP contribution in [-0.2, 0) is 11.3 Å². The molecule has 0 spiro atoms. The fraction of sp³-hybridized carbons (Fsp3) is 0.222. The second-order valence-electron chi connectivity index (χ2n) is 6.06. The molecule has 1 unspecified atom stereocenters. The van der Waals surface area contributed by atoms with E-state index in [1.807, 2.05) is 0 Å². The minimum Gasteiger partial charge on any atom is -0.467 e. The molecule has 0 bridgehead atoms. The number of carbonyl (C=O) groups is 2. The summed E-state index contributed by atoms with van der Waals surface area (Å²) in [5.74, 6) is -0.0365. The lowest BCUT2D eigenvalue weighted by atomic mass is 9.95. The third kappa shape index (κ3) is 2.48. The van der Waals surface area contributed by atoms with Crippen LogP contribution in [-0.4, -0.2) is 35.3 Å². The highest BCUT2D eigenvalue weighted by Gasteiger charge is 2.43. The molecule has 3 amide bonds. The van der Waals surface area contributed by atoms with Crippen LogP contribution in [0.1, 0.15) is 17.4 Å². The van der Waals surface area contributed by atoms with Crippen molar-refractivity contribution in [3.63, 3.8) is 0 Å². The van der Waals surface area contributed by atoms with Crippen LogP contribution in [0.3, 0.4) is 0 Å². The maximum Gasteiger partial charge on any atom is 0.322 e. The van der Waals surface area contributed by atoms with Crippen LogP contribution in [0.15, 0.2) is 58.3 Å². The molecule has 0 saturated carbocycles. The van der Waals surface area contributed by atoms with E-state index in [0.717, 1.165) is 0 Å². The first-order valence-corrected chi connectivity index (χ1v) is 7.89. The van der Waals surface area contributed by atoms with Gasteiger partial charge in [-0.2, -0.15) is 0 Å². The van der Waals surface area contributed by atoms with E-state index in [0.29, 0.717) is 23.6 Å². The number of halogens is 1. The summed E-state index contributed by atoms with van der Waals surface area (Å²) in [5.41, 5.74) is 1.27. The molecule has 2 aliphatic rings. The van der Waals surface area contributed by atoms with E-state index in [-0.39, 0.29) is 24.0 Å². The van der Waals surface area contributed by atoms with Gasteiger partial charge in [-0.3, -0.25) is 9.69 Å². The Hall–Kier alpha value is -3.09. The van der Waals surface area contributed by atoms with Gasteiger partial charge < -0.3 is 14.6 Å². The van der Waals surface area contributed by atoms with E-state index in [1.54, 1.807) is 48.5 Å². The van der Waals surface area contributed by atoms with Crippen molar-refractivity contribution < 1.29 is 18.4 Å². The predicted molar refractivity (Wildman–Crippen MR) is 86.6 cm³/mol. The Morgan fingerprint density at radius 1 is 1.24 bits per heavy atom. The largest absolute Gasteiger partial charge is 0.467 e. The number of nitrogens with zero attached hydrogens (tertiary/aromatic N) is 2. The highest BCUT2D eigenvalue weighted by atomic mass is 19.1. The quantitative estimate of drug-likeness (QED) is 0.932. The molecule has 7 heteroatoms. The maximum absolute atomic E-state index is 14.3. The number of likely N-dealkylation sites (N-methyl/N-ethyl adjacent to an activating group) is 1. The molecule has 0 radical (unpaired) electrons. The molecule has 1 atom stereocenters. The van der Waals surface area contributed by atoms with Crippen molar-refractivity contribution in [1.29, 1.82) is 0 Å². The van der Waals surface area contributed by atoms with Crippen molar-refractivity contribution >= 4 is 11.9 Å². The van der Waals surface area contributed by atoms with Gasteiger partial charge in [0.15, 0.2) is 0 Å². The monoisotopic (exact) mass is 341 g/mol. The first kappa shape index (κ1) is 15.4. The van der Waals surface area contributed by atoms with Gasteiger partial charge in [-0.25, -0.2) is 9.18 Å². The standard InChI is InChI=1S/C18H16FN3O3/c1-21-14-10-22(9-11-5-4-8-25-11)17(23)15(14)16(20-18(21)24)12-6-2-3-7-13(12)19/h2-8,16H,9-10H2,1H3,(H,20,24). The van der Waals surface area contributed by atoms with Gasteiger partial charge >= 0.3 is 6.03 Å². The van der Waals surface area contributed by atoms with Crippen molar-refractivity contribution in [2.75, 3.05) is 13.6 Å². The van der Waals surface area contributed by atoms with Crippen molar-refractivity contribution in [2.24, 2.45) is 0 Å². The van der Waals surface area contributed by atoms with E-state index in [9.17, 15) is 14.0 Å². The summed E-state index contributed by atoms with van der Waals surface area (Å²) in [7, 11) is 1.60. The van der Waals surface area contributed by atoms with Gasteiger partial charge in [-0.15, -0.1) is 0 Å². The number of urea groups is 1. The molecule has 1 N–H and O–H groups in total. The number of hydrogen-bond donors (Lipinski definition) is 1. The molecule has 3 heterocycles. The lowest BCUT2D eigenvalue weighted by Gasteiger charge is -2.31. The summed E-state index contributed by atoms with van der Waals surface area (Å²) in [5, 5.41) is 2.72. The lowest BCUT2D eigenvalue weighted by molar-refractivity contribution is -0.126. The van der Waals surface area contributed by atoms with Gasteiger partial charge in [0.1, 0.15) is 11.6 Å². The van der Waals surface area contributed by atoms with Gasteiger partial charge in [-0.05, 0) is 18.2 Å². The van der Waals surface area contributed by atoms with Crippen LogP contribution >= 0.6 is 0 Å². The topological polar surface area (TPSA) is 65.8 Å². The smallest absolute Gasteiger partial charge is 0.322 e. The summed E-state index contributed by atoms with van der Waals surface area (Å²) in [6.45, 7) is 0.578. The Kier molecular flexibility index (Phi) is 3.56. The zero-order valence-corrected chi connectivity index (χ0v) is 13.5. The lowest BCUT2D eigenvalue weighted by Crippen LogP contribution is -2.45. The Morgan fingerprint density at radius 3 is 2.76 bits per heavy atom. The number of amides is 3. The van der Waals surface area contributed by atoms with Gasteiger partial charge in [0, 0.05) is 12.6 Å². The summed E-state index contributed by atoms with van der Waals surface area (Å²) < 4.78 is 19.6. The zero-order valence-electron chi connectivity index (χ0n) is 13.5. The number of hydrogen-bond acceptors (Lipinski definition) is 3. The van der Waals surface area contributed by atoms with E-state index in [1.165, 1.54) is 11.0 Å². The fourth-order valence-corrected chi connectivity index (χ4v) is 3.28. The average Bonchev–Trinajstić information content (AvgIpc) is 3.21. The molecule has 128 valence electrons. The first-order valence-electron chi connectivity index (χ1n) is 7.89. The van der Waals surface area contributed by atoms with Gasteiger partial charge in [0.25, 0.3) is 5.91 Å². The molecule has 2 aromatic rings. The molecule has 2 aliphatic heterocycles. The number of rotatable bonds is 3. The number of nitrogens with one attached hydrogen (secondary N) is 1. The van der Waals surface area contributed by atoms with Crippen molar-refractivity contribution in [1.82, 2.24) is 15.1 Å². The maximum atomic E-state index is 14.3. The molecule has 25 heavy (non-hydrogen) atoms. The number of carbonyl (C=O) groups excluding carboxylic acids is 2. The van der Waals surface area contributed by atoms with Gasteiger partial charge in [0.05, 0.1) is 36.7 Å². The Bertz CT molecular complexity index is 875. The van der Waals surface area contributed by atoms with Gasteiger partial charge in [0.2, 0.25) is 0 Å². The van der Waals surface area contributed by atoms with Crippen molar-refractivity contribution in [2.45, 2.75) is 12.6 Å². The summed E-state index contributed by atoms with van der Waals surface area (Å²) in [6, 6.07) is 8.54. The van der Waals surface area contributed by atoms with E-state index in [2.05, 4.69) is 5.32 Å². The highest BCUT2D eigenvalue weighted by molar-refractivity contribution is 6.01. The summed E-state index contributed by atoms with van der Waals surface area (Å²) in [4.78, 5) is 28.2. The Labute approximate surface area is 143 Å². The number of benzene rings is 1. The first-order chi connectivity index (χ1) is 12.1. The second-order valence-corrected chi connectivity index (χ2v) is 6.06. The fourth-order valence-electron chi connectivity index (χ4n) is 3.28. The Balaban J connectivity index is 1.72. The number of furan rings is 1. The molecular formula is C18H16FN3O3. The van der Waals surface area contributed by atoms with Crippen molar-refractivity contribution in [3.8, 4) is 0 Å². The predicted octanol–water partition coefficient (Wildman–Crippen LogP) is 2.41. The molecule has 1 aromatic carbocycles. The summed E-state index contributed by atoms with van der Waals surface area (Å²) >= 11 is 0. The zero-order chi connectivity index (χ0) is 17.6. The molecule has 0 fully saturated rings. The van der Waals surface area contributed by atoms with Crippen molar-refractivity contribution in [3.05, 3.63) is 71.1 Å². The van der Waals surface area contributed by atoms with Crippen LogP contribution < -0.4 is 5.32 Å². The van der Waals surface area contributed by atoms with Crippen LogP contribution in [0.25, 0.3) is 0 Å². The summed E-state index contributed by atoms with van der Waals surface area (Å²) in [6.07, 6.45) is 1.54. The average molecular weight is 341 g/mol. The third-order valence-corrected chi connectivity index (χ3v) is 4.58. The molecule has 0 saturated heterocycles. The van der Waals surface area contributed by atoms with Crippen LogP contribution in [0, 0.1) is 5.82 Å². The molecule has 4 rings (SSSR count). The minimum atomic E-state index is -0.797. The van der Waals surface area contributed by atoms with Crippen LogP contribution in [0.4, 0.5) is 9.18 Å². The third-order valence-electron chi connectivity index (χ3n) is 4.58. The van der Waals surface area contributed by atoms with E-state index >= 15 is 0 Å². The highest BCUT2D eigenvalue weighted by Crippen LogP contribution is 2.36. The van der Waals surface area contributed by atoms with E-state index in [4.69, 9.17) is 4.42 Å². The minimum absolute atomic E-state index is 0.230. The second kappa shape index (κ2) is 5.77. The normalized spacial score (nSPS) is 20.2.